The van der Waals surface area contributed by atoms with Gasteiger partial charge in [-0.2, -0.15) is 0 Å². The third kappa shape index (κ3) is 3.14. The van der Waals surface area contributed by atoms with Crippen LogP contribution in [0.25, 0.3) is 0 Å². The Balaban J connectivity index is 2.18. The predicted molar refractivity (Wildman–Crippen MR) is 76.7 cm³/mol. The minimum atomic E-state index is 0.465. The highest BCUT2D eigenvalue weighted by Gasteiger charge is 2.26. The zero-order valence-electron chi connectivity index (χ0n) is 10.3. The van der Waals surface area contributed by atoms with E-state index >= 15 is 0 Å². The van der Waals surface area contributed by atoms with Gasteiger partial charge in [0.2, 0.25) is 0 Å². The molecule has 1 aromatic rings. The van der Waals surface area contributed by atoms with Gasteiger partial charge < -0.3 is 4.90 Å². The third-order valence-corrected chi connectivity index (χ3v) is 4.19. The SMILES string of the molecule is CC1(C)CCN(c2ncc(Br)cc2CCl)CC1. The quantitative estimate of drug-likeness (QED) is 0.760. The number of hydrogen-bond donors (Lipinski definition) is 0. The summed E-state index contributed by atoms with van der Waals surface area (Å²) in [5.74, 6) is 1.57. The van der Waals surface area contributed by atoms with Crippen LogP contribution < -0.4 is 4.90 Å². The molecule has 2 heterocycles. The van der Waals surface area contributed by atoms with Crippen molar-refractivity contribution in [3.8, 4) is 0 Å². The first-order valence-corrected chi connectivity index (χ1v) is 7.30. The summed E-state index contributed by atoms with van der Waals surface area (Å²) in [6, 6.07) is 2.06. The topological polar surface area (TPSA) is 16.1 Å². The van der Waals surface area contributed by atoms with E-state index in [0.717, 1.165) is 28.9 Å². The lowest BCUT2D eigenvalue weighted by atomic mass is 9.82. The van der Waals surface area contributed by atoms with Gasteiger partial charge in [-0.3, -0.25) is 0 Å². The summed E-state index contributed by atoms with van der Waals surface area (Å²) in [7, 11) is 0. The fraction of sp³-hybridized carbons (Fsp3) is 0.615. The molecule has 1 aliphatic rings. The number of halogens is 2. The second-order valence-corrected chi connectivity index (χ2v) is 6.60. The van der Waals surface area contributed by atoms with Gasteiger partial charge in [0.15, 0.2) is 0 Å². The van der Waals surface area contributed by atoms with Crippen LogP contribution in [0.1, 0.15) is 32.3 Å². The van der Waals surface area contributed by atoms with Crippen LogP contribution in [0.5, 0.6) is 0 Å². The molecule has 0 aliphatic carbocycles. The van der Waals surface area contributed by atoms with Crippen molar-refractivity contribution in [3.05, 3.63) is 22.3 Å². The molecule has 1 saturated heterocycles. The van der Waals surface area contributed by atoms with E-state index in [9.17, 15) is 0 Å². The second kappa shape index (κ2) is 5.15. The Morgan fingerprint density at radius 3 is 2.65 bits per heavy atom. The number of hydrogen-bond acceptors (Lipinski definition) is 2. The van der Waals surface area contributed by atoms with E-state index in [2.05, 4.69) is 45.7 Å². The summed E-state index contributed by atoms with van der Waals surface area (Å²) < 4.78 is 0.995. The minimum Gasteiger partial charge on any atom is -0.356 e. The maximum absolute atomic E-state index is 5.99. The summed E-state index contributed by atoms with van der Waals surface area (Å²) in [4.78, 5) is 6.87. The molecule has 2 rings (SSSR count). The van der Waals surface area contributed by atoms with Crippen LogP contribution in [0.3, 0.4) is 0 Å². The predicted octanol–water partition coefficient (Wildman–Crippen LogP) is 4.21. The first-order chi connectivity index (χ1) is 8.02. The summed E-state index contributed by atoms with van der Waals surface area (Å²) in [5, 5.41) is 0. The van der Waals surface area contributed by atoms with Crippen molar-refractivity contribution >= 4 is 33.3 Å². The van der Waals surface area contributed by atoms with Crippen LogP contribution in [0, 0.1) is 5.41 Å². The van der Waals surface area contributed by atoms with Crippen molar-refractivity contribution in [2.45, 2.75) is 32.6 Å². The zero-order chi connectivity index (χ0) is 12.5. The fourth-order valence-electron chi connectivity index (χ4n) is 2.18. The molecular weight excluding hydrogens is 300 g/mol. The van der Waals surface area contributed by atoms with Crippen LogP contribution >= 0.6 is 27.5 Å². The molecule has 1 aliphatic heterocycles. The highest BCUT2D eigenvalue weighted by atomic mass is 79.9. The van der Waals surface area contributed by atoms with Crippen molar-refractivity contribution in [1.82, 2.24) is 4.98 Å². The zero-order valence-corrected chi connectivity index (χ0v) is 12.7. The number of aromatic nitrogens is 1. The Hall–Kier alpha value is -0.280. The Morgan fingerprint density at radius 1 is 1.41 bits per heavy atom. The average Bonchev–Trinajstić information content (AvgIpc) is 2.29. The molecule has 0 spiro atoms. The van der Waals surface area contributed by atoms with Crippen LogP contribution in [-0.4, -0.2) is 18.1 Å². The molecular formula is C13H18BrClN2. The molecule has 0 saturated carbocycles. The number of rotatable bonds is 2. The number of pyridine rings is 1. The smallest absolute Gasteiger partial charge is 0.133 e. The van der Waals surface area contributed by atoms with Gasteiger partial charge in [-0.15, -0.1) is 11.6 Å². The number of nitrogens with zero attached hydrogens (tertiary/aromatic N) is 2. The van der Waals surface area contributed by atoms with Gasteiger partial charge in [-0.1, -0.05) is 13.8 Å². The van der Waals surface area contributed by atoms with E-state index in [0.29, 0.717) is 11.3 Å². The molecule has 0 aromatic carbocycles. The van der Waals surface area contributed by atoms with Gasteiger partial charge in [-0.25, -0.2) is 4.98 Å². The van der Waals surface area contributed by atoms with Crippen molar-refractivity contribution in [2.75, 3.05) is 18.0 Å². The maximum Gasteiger partial charge on any atom is 0.133 e. The van der Waals surface area contributed by atoms with Gasteiger partial charge in [0.25, 0.3) is 0 Å². The number of piperidine rings is 1. The normalized spacial score (nSPS) is 19.4. The molecule has 0 bridgehead atoms. The van der Waals surface area contributed by atoms with Crippen LogP contribution in [-0.2, 0) is 5.88 Å². The Bertz CT molecular complexity index is 396. The van der Waals surface area contributed by atoms with E-state index in [4.69, 9.17) is 11.6 Å². The van der Waals surface area contributed by atoms with E-state index in [1.807, 2.05) is 6.20 Å². The molecule has 0 N–H and O–H groups in total. The molecule has 1 aromatic heterocycles. The highest BCUT2D eigenvalue weighted by molar-refractivity contribution is 9.10. The van der Waals surface area contributed by atoms with E-state index < -0.39 is 0 Å². The van der Waals surface area contributed by atoms with E-state index in [1.165, 1.54) is 12.8 Å². The lowest BCUT2D eigenvalue weighted by Crippen LogP contribution is -2.38. The van der Waals surface area contributed by atoms with Crippen molar-refractivity contribution < 1.29 is 0 Å². The molecule has 94 valence electrons. The lowest BCUT2D eigenvalue weighted by Gasteiger charge is -2.38. The highest BCUT2D eigenvalue weighted by Crippen LogP contribution is 2.33. The van der Waals surface area contributed by atoms with E-state index in [1.54, 1.807) is 0 Å². The van der Waals surface area contributed by atoms with Gasteiger partial charge >= 0.3 is 0 Å². The second-order valence-electron chi connectivity index (χ2n) is 5.42. The van der Waals surface area contributed by atoms with Gasteiger partial charge in [0.1, 0.15) is 5.82 Å². The molecule has 1 fully saturated rings. The van der Waals surface area contributed by atoms with Crippen LogP contribution in [0.4, 0.5) is 5.82 Å². The summed E-state index contributed by atoms with van der Waals surface area (Å²) >= 11 is 9.43. The van der Waals surface area contributed by atoms with Crippen molar-refractivity contribution in [3.63, 3.8) is 0 Å². The Morgan fingerprint density at radius 2 is 2.06 bits per heavy atom. The Kier molecular flexibility index (Phi) is 3.99. The largest absolute Gasteiger partial charge is 0.356 e. The fourth-order valence-corrected chi connectivity index (χ4v) is 2.76. The van der Waals surface area contributed by atoms with Crippen molar-refractivity contribution in [1.29, 1.82) is 0 Å². The lowest BCUT2D eigenvalue weighted by molar-refractivity contribution is 0.279. The third-order valence-electron chi connectivity index (χ3n) is 3.47. The standard InChI is InChI=1S/C13H18BrClN2/c1-13(2)3-5-17(6-4-13)12-10(8-15)7-11(14)9-16-12/h7,9H,3-6,8H2,1-2H3. The molecule has 0 radical (unpaired) electrons. The van der Waals surface area contributed by atoms with Crippen LogP contribution in [0.2, 0.25) is 0 Å². The molecule has 17 heavy (non-hydrogen) atoms. The summed E-state index contributed by atoms with van der Waals surface area (Å²) in [6.07, 6.45) is 4.28. The first-order valence-electron chi connectivity index (χ1n) is 5.97. The molecule has 0 unspecified atom stereocenters. The van der Waals surface area contributed by atoms with Crippen LogP contribution in [0.15, 0.2) is 16.7 Å². The summed E-state index contributed by atoms with van der Waals surface area (Å²) in [5.41, 5.74) is 1.58. The monoisotopic (exact) mass is 316 g/mol. The molecule has 4 heteroatoms. The number of alkyl halides is 1. The maximum atomic E-state index is 5.99. The van der Waals surface area contributed by atoms with Crippen molar-refractivity contribution in [2.24, 2.45) is 5.41 Å². The summed E-state index contributed by atoms with van der Waals surface area (Å²) in [6.45, 7) is 6.82. The average molecular weight is 318 g/mol. The number of anilines is 1. The van der Waals surface area contributed by atoms with Gasteiger partial charge in [-0.05, 0) is 40.3 Å². The van der Waals surface area contributed by atoms with E-state index in [-0.39, 0.29) is 0 Å². The molecule has 2 nitrogen and oxygen atoms in total. The Labute approximate surface area is 116 Å². The molecule has 0 amide bonds. The first kappa shape index (κ1) is 13.2. The molecule has 0 atom stereocenters. The minimum absolute atomic E-state index is 0.465. The van der Waals surface area contributed by atoms with Gasteiger partial charge in [0.05, 0.1) is 5.88 Å². The van der Waals surface area contributed by atoms with Gasteiger partial charge in [0, 0.05) is 29.3 Å².